The lowest BCUT2D eigenvalue weighted by Gasteiger charge is -2.30. The quantitative estimate of drug-likeness (QED) is 0.704. The summed E-state index contributed by atoms with van der Waals surface area (Å²) in [5.74, 6) is 0. The Hall–Kier alpha value is -1.97. The van der Waals surface area contributed by atoms with Gasteiger partial charge in [-0.3, -0.25) is 0 Å². The second-order valence-electron chi connectivity index (χ2n) is 9.21. The Morgan fingerprint density at radius 2 is 1.94 bits per heavy atom. The van der Waals surface area contributed by atoms with E-state index in [1.165, 1.54) is 0 Å². The first-order valence-corrected chi connectivity index (χ1v) is 13.1. The van der Waals surface area contributed by atoms with Crippen molar-refractivity contribution in [3.63, 3.8) is 0 Å². The van der Waals surface area contributed by atoms with Crippen LogP contribution in [-0.2, 0) is 21.2 Å². The van der Waals surface area contributed by atoms with Crippen LogP contribution in [0.25, 0.3) is 10.6 Å². The van der Waals surface area contributed by atoms with E-state index in [9.17, 15) is 13.2 Å². The monoisotopic (exact) mass is 463 g/mol. The Labute approximate surface area is 187 Å². The highest BCUT2D eigenvalue weighted by Gasteiger charge is 2.44. The van der Waals surface area contributed by atoms with Crippen LogP contribution in [0.3, 0.4) is 0 Å². The average molecular weight is 464 g/mol. The van der Waals surface area contributed by atoms with E-state index in [0.717, 1.165) is 16.3 Å². The summed E-state index contributed by atoms with van der Waals surface area (Å²) >= 11 is 1.55. The van der Waals surface area contributed by atoms with E-state index >= 15 is 0 Å². The highest BCUT2D eigenvalue weighted by Crippen LogP contribution is 2.31. The normalized spacial score (nSPS) is 22.0. The lowest BCUT2D eigenvalue weighted by Crippen LogP contribution is -2.49. The predicted octanol–water partition coefficient (Wildman–Crippen LogP) is 3.81. The standard InChI is InChI=1S/C22H29N3O4S2/c1-22(2,3)29-21(26)25-12-11-18(24-31(27,28)17-9-10-17)19(25)13-16-14-30-20(23-16)15-7-5-4-6-8-15/h4-8,14,17-19,24H,9-13H2,1-3H3/t18-,19-/m1/s1. The van der Waals surface area contributed by atoms with Gasteiger partial charge in [-0.2, -0.15) is 0 Å². The summed E-state index contributed by atoms with van der Waals surface area (Å²) < 4.78 is 33.6. The molecule has 1 aromatic heterocycles. The van der Waals surface area contributed by atoms with Crippen molar-refractivity contribution in [2.24, 2.45) is 0 Å². The van der Waals surface area contributed by atoms with E-state index in [-0.39, 0.29) is 17.3 Å². The Balaban J connectivity index is 1.55. The van der Waals surface area contributed by atoms with Crippen LogP contribution in [0.2, 0.25) is 0 Å². The highest BCUT2D eigenvalue weighted by molar-refractivity contribution is 7.90. The molecule has 0 unspecified atom stereocenters. The maximum Gasteiger partial charge on any atom is 0.410 e. The molecule has 1 aliphatic heterocycles. The molecule has 0 spiro atoms. The predicted molar refractivity (Wildman–Crippen MR) is 121 cm³/mol. The number of benzene rings is 1. The van der Waals surface area contributed by atoms with Gasteiger partial charge in [0, 0.05) is 30.0 Å². The molecule has 4 rings (SSSR count). The number of hydrogen-bond acceptors (Lipinski definition) is 6. The smallest absolute Gasteiger partial charge is 0.410 e. The number of aromatic nitrogens is 1. The number of nitrogens with zero attached hydrogens (tertiary/aromatic N) is 2. The van der Waals surface area contributed by atoms with Crippen LogP contribution < -0.4 is 4.72 Å². The number of sulfonamides is 1. The molecule has 1 N–H and O–H groups in total. The van der Waals surface area contributed by atoms with E-state index in [2.05, 4.69) is 4.72 Å². The zero-order valence-electron chi connectivity index (χ0n) is 18.1. The molecule has 2 aliphatic rings. The number of likely N-dealkylation sites (tertiary alicyclic amines) is 1. The van der Waals surface area contributed by atoms with Gasteiger partial charge in [0.15, 0.2) is 0 Å². The molecule has 2 aromatic rings. The van der Waals surface area contributed by atoms with Crippen molar-refractivity contribution in [2.75, 3.05) is 6.54 Å². The van der Waals surface area contributed by atoms with Crippen LogP contribution in [-0.4, -0.2) is 53.9 Å². The molecule has 0 bridgehead atoms. The first-order chi connectivity index (χ1) is 14.6. The number of hydrogen-bond donors (Lipinski definition) is 1. The van der Waals surface area contributed by atoms with Crippen LogP contribution in [0.4, 0.5) is 4.79 Å². The third kappa shape index (κ3) is 5.45. The number of carbonyl (C=O) groups excluding carboxylic acids is 1. The van der Waals surface area contributed by atoms with E-state index in [4.69, 9.17) is 9.72 Å². The van der Waals surface area contributed by atoms with Gasteiger partial charge in [-0.15, -0.1) is 11.3 Å². The second kappa shape index (κ2) is 8.52. The summed E-state index contributed by atoms with van der Waals surface area (Å²) in [4.78, 5) is 19.3. The number of ether oxygens (including phenoxy) is 1. The summed E-state index contributed by atoms with van der Waals surface area (Å²) in [6.45, 7) is 5.94. The number of rotatable bonds is 6. The van der Waals surface area contributed by atoms with Gasteiger partial charge in [0.05, 0.1) is 17.0 Å². The summed E-state index contributed by atoms with van der Waals surface area (Å²) in [7, 11) is -3.36. The van der Waals surface area contributed by atoms with Crippen molar-refractivity contribution < 1.29 is 17.9 Å². The fourth-order valence-corrected chi connectivity index (χ4v) is 6.29. The molecule has 7 nitrogen and oxygen atoms in total. The Morgan fingerprint density at radius 1 is 1.23 bits per heavy atom. The van der Waals surface area contributed by atoms with Gasteiger partial charge in [0.2, 0.25) is 10.0 Å². The molecule has 1 aliphatic carbocycles. The van der Waals surface area contributed by atoms with Crippen molar-refractivity contribution in [2.45, 2.75) is 69.4 Å². The zero-order valence-corrected chi connectivity index (χ0v) is 19.7. The Bertz CT molecular complexity index is 1030. The van der Waals surface area contributed by atoms with Crippen LogP contribution in [0.15, 0.2) is 35.7 Å². The minimum absolute atomic E-state index is 0.298. The minimum Gasteiger partial charge on any atom is -0.444 e. The van der Waals surface area contributed by atoms with Gasteiger partial charge >= 0.3 is 6.09 Å². The van der Waals surface area contributed by atoms with Crippen LogP contribution in [0.1, 0.15) is 45.7 Å². The maximum absolute atomic E-state index is 12.9. The Morgan fingerprint density at radius 3 is 2.58 bits per heavy atom. The zero-order chi connectivity index (χ0) is 22.2. The van der Waals surface area contributed by atoms with Gasteiger partial charge in [-0.05, 0) is 40.0 Å². The van der Waals surface area contributed by atoms with E-state index < -0.39 is 21.7 Å². The second-order valence-corrected chi connectivity index (χ2v) is 12.1. The van der Waals surface area contributed by atoms with Crippen LogP contribution in [0, 0.1) is 0 Å². The molecule has 2 fully saturated rings. The summed E-state index contributed by atoms with van der Waals surface area (Å²) in [6.07, 6.45) is 2.03. The third-order valence-electron chi connectivity index (χ3n) is 5.44. The van der Waals surface area contributed by atoms with Gasteiger partial charge in [0.1, 0.15) is 10.6 Å². The van der Waals surface area contributed by atoms with Crippen LogP contribution >= 0.6 is 11.3 Å². The molecule has 168 valence electrons. The number of nitrogens with one attached hydrogen (secondary N) is 1. The molecular weight excluding hydrogens is 434 g/mol. The van der Waals surface area contributed by atoms with Crippen molar-refractivity contribution in [3.05, 3.63) is 41.4 Å². The van der Waals surface area contributed by atoms with Gasteiger partial charge in [0.25, 0.3) is 0 Å². The average Bonchev–Trinajstić information content (AvgIpc) is 3.36. The summed E-state index contributed by atoms with van der Waals surface area (Å²) in [5, 5.41) is 2.60. The molecule has 31 heavy (non-hydrogen) atoms. The van der Waals surface area contributed by atoms with Crippen LogP contribution in [0.5, 0.6) is 0 Å². The van der Waals surface area contributed by atoms with Gasteiger partial charge < -0.3 is 9.64 Å². The van der Waals surface area contributed by atoms with Crippen molar-refractivity contribution >= 4 is 27.5 Å². The highest BCUT2D eigenvalue weighted by atomic mass is 32.2. The van der Waals surface area contributed by atoms with Crippen molar-refractivity contribution in [1.82, 2.24) is 14.6 Å². The molecule has 1 aromatic carbocycles. The molecule has 2 heterocycles. The fraction of sp³-hybridized carbons (Fsp3) is 0.545. The first-order valence-electron chi connectivity index (χ1n) is 10.6. The van der Waals surface area contributed by atoms with E-state index in [0.29, 0.717) is 32.2 Å². The lowest BCUT2D eigenvalue weighted by atomic mass is 10.1. The van der Waals surface area contributed by atoms with Crippen molar-refractivity contribution in [1.29, 1.82) is 0 Å². The SMILES string of the molecule is CC(C)(C)OC(=O)N1CC[C@@H](NS(=O)(=O)C2CC2)[C@H]1Cc1csc(-c2ccccc2)n1. The molecular formula is C22H29N3O4S2. The molecule has 9 heteroatoms. The summed E-state index contributed by atoms with van der Waals surface area (Å²) in [5.41, 5.74) is 1.27. The lowest BCUT2D eigenvalue weighted by molar-refractivity contribution is 0.0218. The topological polar surface area (TPSA) is 88.6 Å². The third-order valence-corrected chi connectivity index (χ3v) is 8.36. The molecule has 0 radical (unpaired) electrons. The first kappa shape index (κ1) is 22.2. The number of thiazole rings is 1. The Kier molecular flexibility index (Phi) is 6.11. The number of amides is 1. The van der Waals surface area contributed by atoms with Gasteiger partial charge in [-0.25, -0.2) is 22.9 Å². The van der Waals surface area contributed by atoms with E-state index in [1.54, 1.807) is 16.2 Å². The molecule has 1 saturated carbocycles. The fourth-order valence-electron chi connectivity index (χ4n) is 3.80. The molecule has 2 atom stereocenters. The largest absolute Gasteiger partial charge is 0.444 e. The molecule has 1 amide bonds. The minimum atomic E-state index is -3.36. The summed E-state index contributed by atoms with van der Waals surface area (Å²) in [6, 6.07) is 9.25. The van der Waals surface area contributed by atoms with Gasteiger partial charge in [-0.1, -0.05) is 30.3 Å². The maximum atomic E-state index is 12.9. The molecule has 1 saturated heterocycles. The van der Waals surface area contributed by atoms with E-state index in [1.807, 2.05) is 56.5 Å². The number of carbonyl (C=O) groups is 1. The van der Waals surface area contributed by atoms with Crippen molar-refractivity contribution in [3.8, 4) is 10.6 Å².